The van der Waals surface area contributed by atoms with Gasteiger partial charge in [-0.15, -0.1) is 0 Å². The van der Waals surface area contributed by atoms with Crippen molar-refractivity contribution >= 4 is 21.6 Å². The van der Waals surface area contributed by atoms with Crippen molar-refractivity contribution in [2.45, 2.75) is 56.5 Å². The Hall–Kier alpha value is -1.44. The quantitative estimate of drug-likeness (QED) is 0.779. The molecule has 1 aromatic rings. The molecule has 6 nitrogen and oxygen atoms in total. The zero-order valence-electron chi connectivity index (χ0n) is 13.8. The van der Waals surface area contributed by atoms with E-state index in [1.165, 1.54) is 12.1 Å². The fourth-order valence-electron chi connectivity index (χ4n) is 2.70. The number of benzene rings is 1. The minimum Gasteiger partial charge on any atom is -0.328 e. The molecular weight excluding hydrogens is 314 g/mol. The third-order valence-electron chi connectivity index (χ3n) is 3.70. The van der Waals surface area contributed by atoms with Gasteiger partial charge in [0.1, 0.15) is 0 Å². The highest BCUT2D eigenvalue weighted by Crippen LogP contribution is 2.26. The third-order valence-corrected chi connectivity index (χ3v) is 5.45. The maximum absolute atomic E-state index is 12.3. The Morgan fingerprint density at radius 2 is 1.96 bits per heavy atom. The van der Waals surface area contributed by atoms with Gasteiger partial charge in [0, 0.05) is 23.2 Å². The van der Waals surface area contributed by atoms with Gasteiger partial charge in [-0.3, -0.25) is 4.79 Å². The van der Waals surface area contributed by atoms with Crippen LogP contribution in [-0.2, 0) is 14.8 Å². The number of nitrogens with one attached hydrogen (secondary N) is 2. The van der Waals surface area contributed by atoms with E-state index < -0.39 is 15.6 Å². The van der Waals surface area contributed by atoms with Gasteiger partial charge in [-0.2, -0.15) is 0 Å². The maximum atomic E-state index is 12.3. The normalized spacial score (nSPS) is 22.1. The van der Waals surface area contributed by atoms with Crippen LogP contribution in [0, 0.1) is 5.92 Å². The van der Waals surface area contributed by atoms with Crippen molar-refractivity contribution in [1.29, 1.82) is 0 Å². The number of carbonyl (C=O) groups excluding carboxylic acids is 1. The van der Waals surface area contributed by atoms with Crippen LogP contribution in [-0.4, -0.2) is 25.9 Å². The number of rotatable bonds is 4. The molecular formula is C16H25N3O3S. The van der Waals surface area contributed by atoms with Gasteiger partial charge in [-0.1, -0.05) is 6.07 Å². The van der Waals surface area contributed by atoms with Crippen molar-refractivity contribution in [1.82, 2.24) is 4.72 Å². The van der Waals surface area contributed by atoms with E-state index in [0.717, 1.165) is 12.8 Å². The largest absolute Gasteiger partial charge is 0.328 e. The lowest BCUT2D eigenvalue weighted by Crippen LogP contribution is -2.40. The molecule has 0 radical (unpaired) electrons. The first-order valence-electron chi connectivity index (χ1n) is 7.77. The summed E-state index contributed by atoms with van der Waals surface area (Å²) in [6, 6.07) is 6.36. The molecule has 1 aliphatic carbocycles. The van der Waals surface area contributed by atoms with Crippen molar-refractivity contribution in [3.8, 4) is 0 Å². The first-order valence-corrected chi connectivity index (χ1v) is 9.26. The summed E-state index contributed by atoms with van der Waals surface area (Å²) >= 11 is 0. The number of amides is 1. The van der Waals surface area contributed by atoms with Crippen LogP contribution in [0.1, 0.15) is 40.0 Å². The first-order chi connectivity index (χ1) is 10.6. The molecule has 1 amide bonds. The number of sulfonamides is 1. The van der Waals surface area contributed by atoms with E-state index in [-0.39, 0.29) is 22.8 Å². The third kappa shape index (κ3) is 5.02. The highest BCUT2D eigenvalue weighted by molar-refractivity contribution is 7.89. The lowest BCUT2D eigenvalue weighted by molar-refractivity contribution is -0.119. The summed E-state index contributed by atoms with van der Waals surface area (Å²) in [5, 5.41) is 2.79. The predicted octanol–water partition coefficient (Wildman–Crippen LogP) is 1.83. The maximum Gasteiger partial charge on any atom is 0.241 e. The van der Waals surface area contributed by atoms with Crippen LogP contribution in [0.5, 0.6) is 0 Å². The molecule has 1 saturated carbocycles. The summed E-state index contributed by atoms with van der Waals surface area (Å²) in [5.74, 6) is -0.200. The SMILES string of the molecule is CC(C)(C)NS(=O)(=O)c1cccc(NC(=O)C2CCC(N)C2)c1. The molecule has 2 rings (SSSR count). The summed E-state index contributed by atoms with van der Waals surface area (Å²) in [6.07, 6.45) is 2.30. The minimum absolute atomic E-state index is 0.0773. The number of nitrogens with two attached hydrogens (primary N) is 1. The van der Waals surface area contributed by atoms with Gasteiger partial charge in [0.15, 0.2) is 0 Å². The zero-order valence-corrected chi connectivity index (χ0v) is 14.6. The Bertz CT molecular complexity index is 680. The van der Waals surface area contributed by atoms with Gasteiger partial charge in [0.2, 0.25) is 15.9 Å². The number of hydrogen-bond donors (Lipinski definition) is 3. The van der Waals surface area contributed by atoms with Gasteiger partial charge in [0.25, 0.3) is 0 Å². The molecule has 7 heteroatoms. The Balaban J connectivity index is 2.12. The fourth-order valence-corrected chi connectivity index (χ4v) is 4.17. The van der Waals surface area contributed by atoms with Crippen LogP contribution in [0.15, 0.2) is 29.2 Å². The number of hydrogen-bond acceptors (Lipinski definition) is 4. The molecule has 1 aromatic carbocycles. The highest BCUT2D eigenvalue weighted by Gasteiger charge is 2.28. The van der Waals surface area contributed by atoms with E-state index in [9.17, 15) is 13.2 Å². The lowest BCUT2D eigenvalue weighted by atomic mass is 10.1. The topological polar surface area (TPSA) is 101 Å². The van der Waals surface area contributed by atoms with Gasteiger partial charge < -0.3 is 11.1 Å². The number of carbonyl (C=O) groups is 1. The van der Waals surface area contributed by atoms with Crippen LogP contribution < -0.4 is 15.8 Å². The Morgan fingerprint density at radius 1 is 1.26 bits per heavy atom. The van der Waals surface area contributed by atoms with E-state index in [1.807, 2.05) is 0 Å². The molecule has 1 fully saturated rings. The molecule has 2 unspecified atom stereocenters. The van der Waals surface area contributed by atoms with Crippen molar-refractivity contribution in [2.75, 3.05) is 5.32 Å². The molecule has 0 bridgehead atoms. The molecule has 4 N–H and O–H groups in total. The van der Waals surface area contributed by atoms with Gasteiger partial charge in [0.05, 0.1) is 4.90 Å². The van der Waals surface area contributed by atoms with E-state index >= 15 is 0 Å². The summed E-state index contributed by atoms with van der Waals surface area (Å²) in [5.41, 5.74) is 5.74. The molecule has 23 heavy (non-hydrogen) atoms. The van der Waals surface area contributed by atoms with Gasteiger partial charge >= 0.3 is 0 Å². The second-order valence-corrected chi connectivity index (χ2v) is 8.83. The van der Waals surface area contributed by atoms with E-state index in [2.05, 4.69) is 10.0 Å². The summed E-state index contributed by atoms with van der Waals surface area (Å²) in [7, 11) is -3.63. The average molecular weight is 339 g/mol. The van der Waals surface area contributed by atoms with Crippen molar-refractivity contribution in [3.05, 3.63) is 24.3 Å². The van der Waals surface area contributed by atoms with Crippen molar-refractivity contribution in [2.24, 2.45) is 11.7 Å². The molecule has 0 aliphatic heterocycles. The molecule has 0 spiro atoms. The van der Waals surface area contributed by atoms with Crippen molar-refractivity contribution in [3.63, 3.8) is 0 Å². The average Bonchev–Trinajstić information content (AvgIpc) is 2.83. The lowest BCUT2D eigenvalue weighted by Gasteiger charge is -2.20. The highest BCUT2D eigenvalue weighted by atomic mass is 32.2. The molecule has 0 aromatic heterocycles. The summed E-state index contributed by atoms with van der Waals surface area (Å²) < 4.78 is 27.3. The van der Waals surface area contributed by atoms with Gasteiger partial charge in [-0.25, -0.2) is 13.1 Å². The molecule has 1 aliphatic rings. The second kappa shape index (κ2) is 6.59. The van der Waals surface area contributed by atoms with E-state index in [0.29, 0.717) is 12.1 Å². The second-order valence-electron chi connectivity index (χ2n) is 7.14. The van der Waals surface area contributed by atoms with Crippen LogP contribution in [0.25, 0.3) is 0 Å². The molecule has 0 heterocycles. The van der Waals surface area contributed by atoms with Crippen LogP contribution in [0.2, 0.25) is 0 Å². The van der Waals surface area contributed by atoms with Crippen LogP contribution in [0.3, 0.4) is 0 Å². The first kappa shape index (κ1) is 17.9. The minimum atomic E-state index is -3.63. The predicted molar refractivity (Wildman–Crippen MR) is 90.5 cm³/mol. The monoisotopic (exact) mass is 339 g/mol. The van der Waals surface area contributed by atoms with Gasteiger partial charge in [-0.05, 0) is 58.2 Å². The molecule has 2 atom stereocenters. The Kier molecular flexibility index (Phi) is 5.13. The Labute approximate surface area is 137 Å². The van der Waals surface area contributed by atoms with Crippen LogP contribution >= 0.6 is 0 Å². The number of anilines is 1. The molecule has 0 saturated heterocycles. The van der Waals surface area contributed by atoms with Crippen molar-refractivity contribution < 1.29 is 13.2 Å². The fraction of sp³-hybridized carbons (Fsp3) is 0.562. The Morgan fingerprint density at radius 3 is 2.52 bits per heavy atom. The van der Waals surface area contributed by atoms with E-state index in [1.54, 1.807) is 32.9 Å². The summed E-state index contributed by atoms with van der Waals surface area (Å²) in [6.45, 7) is 5.33. The summed E-state index contributed by atoms with van der Waals surface area (Å²) in [4.78, 5) is 12.4. The smallest absolute Gasteiger partial charge is 0.241 e. The zero-order chi connectivity index (χ0) is 17.3. The van der Waals surface area contributed by atoms with Crippen LogP contribution in [0.4, 0.5) is 5.69 Å². The van der Waals surface area contributed by atoms with E-state index in [4.69, 9.17) is 5.73 Å². The molecule has 128 valence electrons. The standard InChI is InChI=1S/C16H25N3O3S/c1-16(2,3)19-23(21,22)14-6-4-5-13(10-14)18-15(20)11-7-8-12(17)9-11/h4-6,10-12,19H,7-9,17H2,1-3H3,(H,18,20).